The van der Waals surface area contributed by atoms with Crippen molar-refractivity contribution in [1.29, 1.82) is 5.41 Å². The van der Waals surface area contributed by atoms with Crippen molar-refractivity contribution < 1.29 is 18.3 Å². The van der Waals surface area contributed by atoms with Crippen molar-refractivity contribution in [1.82, 2.24) is 0 Å². The van der Waals surface area contributed by atoms with E-state index in [2.05, 4.69) is 4.99 Å². The fourth-order valence-corrected chi connectivity index (χ4v) is 2.43. The molecule has 1 aromatic carbocycles. The Hall–Kier alpha value is -2.06. The normalized spacial score (nSPS) is 13.3. The molecule has 148 valence electrons. The average Bonchev–Trinajstić information content (AvgIpc) is 2.55. The van der Waals surface area contributed by atoms with Gasteiger partial charge in [0.05, 0.1) is 5.60 Å². The van der Waals surface area contributed by atoms with Crippen LogP contribution in [-0.4, -0.2) is 41.8 Å². The lowest BCUT2D eigenvalue weighted by atomic mass is 9.90. The Balaban J connectivity index is 3.17. The molecule has 0 heterocycles. The van der Waals surface area contributed by atoms with E-state index in [0.717, 1.165) is 11.8 Å². The van der Waals surface area contributed by atoms with Gasteiger partial charge in [0.15, 0.2) is 0 Å². The summed E-state index contributed by atoms with van der Waals surface area (Å²) in [5, 5.41) is 17.3. The molecule has 8 heteroatoms. The van der Waals surface area contributed by atoms with Crippen LogP contribution < -0.4 is 5.73 Å². The van der Waals surface area contributed by atoms with Crippen LogP contribution in [0.25, 0.3) is 6.08 Å². The number of allylic oxidation sites excluding steroid dienone is 3. The minimum Gasteiger partial charge on any atom is -0.398 e. The molecule has 0 aliphatic heterocycles. The molecule has 0 amide bonds. The summed E-state index contributed by atoms with van der Waals surface area (Å²) >= 11 is 1.67. The zero-order valence-electron chi connectivity index (χ0n) is 15.5. The first kappa shape index (κ1) is 23.0. The van der Waals surface area contributed by atoms with E-state index in [1.54, 1.807) is 50.0 Å². The maximum absolute atomic E-state index is 12.3. The molecule has 0 saturated heterocycles. The minimum atomic E-state index is -4.68. The van der Waals surface area contributed by atoms with Gasteiger partial charge >= 0.3 is 6.18 Å². The van der Waals surface area contributed by atoms with Crippen molar-refractivity contribution in [3.8, 4) is 0 Å². The van der Waals surface area contributed by atoms with Gasteiger partial charge in [-0.15, -0.1) is 0 Å². The molecule has 0 spiro atoms. The van der Waals surface area contributed by atoms with Gasteiger partial charge in [-0.05, 0) is 49.4 Å². The zero-order chi connectivity index (χ0) is 20.7. The number of anilines is 1. The summed E-state index contributed by atoms with van der Waals surface area (Å²) in [7, 11) is 0. The third kappa shape index (κ3) is 7.60. The van der Waals surface area contributed by atoms with Crippen molar-refractivity contribution in [3.63, 3.8) is 0 Å². The predicted octanol–water partition coefficient (Wildman–Crippen LogP) is 4.43. The molecule has 0 aliphatic rings. The van der Waals surface area contributed by atoms with E-state index in [1.165, 1.54) is 6.08 Å². The topological polar surface area (TPSA) is 82.5 Å². The minimum absolute atomic E-state index is 0.451. The molecule has 0 radical (unpaired) electrons. The number of hydrogen-bond donors (Lipinski definition) is 3. The fraction of sp³-hybridized carbons (Fsp3) is 0.368. The van der Waals surface area contributed by atoms with Crippen molar-refractivity contribution in [2.24, 2.45) is 4.99 Å². The summed E-state index contributed by atoms with van der Waals surface area (Å²) < 4.78 is 37.0. The summed E-state index contributed by atoms with van der Waals surface area (Å²) in [5.74, 6) is 0.876. The van der Waals surface area contributed by atoms with Gasteiger partial charge in [-0.2, -0.15) is 24.9 Å². The summed E-state index contributed by atoms with van der Waals surface area (Å²) in [6.45, 7) is 3.84. The number of hydrogen-bond acceptors (Lipinski definition) is 5. The smallest absolute Gasteiger partial charge is 0.398 e. The second-order valence-corrected chi connectivity index (χ2v) is 7.27. The number of halogens is 3. The van der Waals surface area contributed by atoms with Gasteiger partial charge in [0.2, 0.25) is 0 Å². The van der Waals surface area contributed by atoms with Crippen LogP contribution >= 0.6 is 11.8 Å². The van der Waals surface area contributed by atoms with Gasteiger partial charge in [0, 0.05) is 29.8 Å². The van der Waals surface area contributed by atoms with Gasteiger partial charge in [-0.25, -0.2) is 0 Å². The molecule has 0 aliphatic carbocycles. The molecular formula is C19H24F3N3OS. The standard InChI is InChI=1S/C19H24F3N3OS/c1-18(2,26)15-11-16(23)14(12-25-8-9-27-3)10-13(15)6-4-5-7-17(24)19(20,21)22/h4-7,10-12,24,26H,8-9,23H2,1-3H3/b6-4+,7-5-,24-17?,25-12?. The molecular weight excluding hydrogens is 375 g/mol. The van der Waals surface area contributed by atoms with Gasteiger partial charge in [0.1, 0.15) is 5.71 Å². The molecule has 27 heavy (non-hydrogen) atoms. The Morgan fingerprint density at radius 2 is 1.93 bits per heavy atom. The van der Waals surface area contributed by atoms with Crippen LogP contribution in [-0.2, 0) is 5.60 Å². The SMILES string of the molecule is CSCCN=Cc1cc(/C=C/C=C\C(=N)C(F)(F)F)c(C(C)(C)O)cc1N. The van der Waals surface area contributed by atoms with Gasteiger partial charge in [0.25, 0.3) is 0 Å². The molecule has 0 atom stereocenters. The van der Waals surface area contributed by atoms with Crippen molar-refractivity contribution in [2.45, 2.75) is 25.6 Å². The highest BCUT2D eigenvalue weighted by Gasteiger charge is 2.31. The van der Waals surface area contributed by atoms with E-state index in [0.29, 0.717) is 35.0 Å². The third-order valence-corrected chi connectivity index (χ3v) is 4.12. The lowest BCUT2D eigenvalue weighted by molar-refractivity contribution is -0.0584. The number of nitrogens with one attached hydrogen (secondary N) is 1. The molecule has 0 unspecified atom stereocenters. The quantitative estimate of drug-likeness (QED) is 0.262. The zero-order valence-corrected chi connectivity index (χ0v) is 16.3. The highest BCUT2D eigenvalue weighted by Crippen LogP contribution is 2.29. The Labute approximate surface area is 161 Å². The predicted molar refractivity (Wildman–Crippen MR) is 109 cm³/mol. The number of nitrogens with two attached hydrogens (primary N) is 1. The highest BCUT2D eigenvalue weighted by atomic mass is 32.2. The number of benzene rings is 1. The van der Waals surface area contributed by atoms with E-state index < -0.39 is 17.5 Å². The molecule has 1 rings (SSSR count). The number of nitrogen functional groups attached to an aromatic ring is 1. The summed E-state index contributed by atoms with van der Waals surface area (Å²) in [6, 6.07) is 3.36. The lowest BCUT2D eigenvalue weighted by Crippen LogP contribution is -2.19. The van der Waals surface area contributed by atoms with E-state index in [-0.39, 0.29) is 0 Å². The lowest BCUT2D eigenvalue weighted by Gasteiger charge is -2.22. The second kappa shape index (κ2) is 9.75. The molecule has 0 aromatic heterocycles. The molecule has 0 saturated carbocycles. The van der Waals surface area contributed by atoms with Crippen LogP contribution in [0.2, 0.25) is 0 Å². The van der Waals surface area contributed by atoms with Crippen LogP contribution in [0, 0.1) is 5.41 Å². The van der Waals surface area contributed by atoms with E-state index in [4.69, 9.17) is 11.1 Å². The number of alkyl halides is 3. The maximum atomic E-state index is 12.3. The summed E-state index contributed by atoms with van der Waals surface area (Å²) in [6.07, 6.45) is 3.70. The van der Waals surface area contributed by atoms with Crippen molar-refractivity contribution in [2.75, 3.05) is 24.3 Å². The largest absolute Gasteiger partial charge is 0.432 e. The van der Waals surface area contributed by atoms with E-state index in [1.807, 2.05) is 6.26 Å². The Morgan fingerprint density at radius 1 is 1.26 bits per heavy atom. The molecule has 0 fully saturated rings. The van der Waals surface area contributed by atoms with Crippen molar-refractivity contribution >= 4 is 35.5 Å². The second-order valence-electron chi connectivity index (χ2n) is 6.29. The Bertz CT molecular complexity index is 748. The highest BCUT2D eigenvalue weighted by molar-refractivity contribution is 7.98. The van der Waals surface area contributed by atoms with Crippen LogP contribution in [0.4, 0.5) is 18.9 Å². The summed E-state index contributed by atoms with van der Waals surface area (Å²) in [4.78, 5) is 4.29. The monoisotopic (exact) mass is 399 g/mol. The number of nitrogens with zero attached hydrogens (tertiary/aromatic N) is 1. The van der Waals surface area contributed by atoms with Crippen LogP contribution in [0.3, 0.4) is 0 Å². The Kier molecular flexibility index (Phi) is 8.30. The van der Waals surface area contributed by atoms with Gasteiger partial charge in [-0.3, -0.25) is 10.4 Å². The maximum Gasteiger partial charge on any atom is 0.432 e. The summed E-state index contributed by atoms with van der Waals surface area (Å²) in [5.41, 5.74) is 5.67. The first-order chi connectivity index (χ1) is 12.5. The fourth-order valence-electron chi connectivity index (χ4n) is 2.14. The van der Waals surface area contributed by atoms with Gasteiger partial charge < -0.3 is 10.8 Å². The number of aliphatic imine (C=N–C) groups is 1. The first-order valence-electron chi connectivity index (χ1n) is 8.12. The van der Waals surface area contributed by atoms with E-state index >= 15 is 0 Å². The number of thioether (sulfide) groups is 1. The molecule has 1 aromatic rings. The number of aliphatic hydroxyl groups is 1. The molecule has 0 bridgehead atoms. The van der Waals surface area contributed by atoms with Crippen LogP contribution in [0.1, 0.15) is 30.5 Å². The van der Waals surface area contributed by atoms with Gasteiger partial charge in [-0.1, -0.05) is 18.2 Å². The van der Waals surface area contributed by atoms with Crippen molar-refractivity contribution in [3.05, 3.63) is 47.1 Å². The molecule has 4 nitrogen and oxygen atoms in total. The van der Waals surface area contributed by atoms with E-state index in [9.17, 15) is 18.3 Å². The average molecular weight is 399 g/mol. The first-order valence-corrected chi connectivity index (χ1v) is 9.52. The third-order valence-electron chi connectivity index (χ3n) is 3.52. The van der Waals surface area contributed by atoms with Crippen LogP contribution in [0.15, 0.2) is 35.4 Å². The number of rotatable bonds is 8. The molecule has 4 N–H and O–H groups in total. The van der Waals surface area contributed by atoms with Crippen LogP contribution in [0.5, 0.6) is 0 Å². The Morgan fingerprint density at radius 3 is 2.48 bits per heavy atom.